The van der Waals surface area contributed by atoms with Gasteiger partial charge in [0.25, 0.3) is 0 Å². The minimum atomic E-state index is -1.67. The van der Waals surface area contributed by atoms with Gasteiger partial charge in [-0.15, -0.1) is 0 Å². The van der Waals surface area contributed by atoms with Gasteiger partial charge in [-0.1, -0.05) is 0 Å². The quantitative estimate of drug-likeness (QED) is 0.481. The highest BCUT2D eigenvalue weighted by Gasteiger charge is 2.09. The van der Waals surface area contributed by atoms with Crippen molar-refractivity contribution in [2.24, 2.45) is 0 Å². The van der Waals surface area contributed by atoms with Crippen molar-refractivity contribution in [3.8, 4) is 24.1 Å². The molecular formula is C6H6O3P+. The molecule has 0 bridgehead atoms. The van der Waals surface area contributed by atoms with Crippen LogP contribution in [0, 0.1) is 24.1 Å². The number of rotatable bonds is 2. The van der Waals surface area contributed by atoms with Gasteiger partial charge in [0, 0.05) is 11.8 Å². The molecule has 1 atom stereocenters. The lowest BCUT2D eigenvalue weighted by atomic mass is 10.7. The largest absolute Gasteiger partial charge is 0.564 e. The highest BCUT2D eigenvalue weighted by atomic mass is 31.1. The zero-order valence-electron chi connectivity index (χ0n) is 5.42. The van der Waals surface area contributed by atoms with E-state index in [-0.39, 0.29) is 0 Å². The molecular weight excluding hydrogens is 151 g/mol. The Morgan fingerprint density at radius 3 is 2.80 bits per heavy atom. The molecule has 0 aromatic carbocycles. The summed E-state index contributed by atoms with van der Waals surface area (Å²) in [6.07, 6.45) is 4.06. The molecule has 10 heavy (non-hydrogen) atoms. The van der Waals surface area contributed by atoms with Crippen LogP contribution < -0.4 is 0 Å². The molecule has 0 saturated carbocycles. The molecule has 1 unspecified atom stereocenters. The van der Waals surface area contributed by atoms with Crippen LogP contribution >= 0.6 is 8.03 Å². The minimum Gasteiger partial charge on any atom is -0.461 e. The lowest BCUT2D eigenvalue weighted by Crippen LogP contribution is -1.68. The number of aliphatic hydroxyl groups excluding tert-OH is 1. The number of hydrogen-bond acceptors (Lipinski definition) is 3. The van der Waals surface area contributed by atoms with Gasteiger partial charge in [-0.2, -0.15) is 4.52 Å². The van der Waals surface area contributed by atoms with Gasteiger partial charge in [0.2, 0.25) is 0 Å². The summed E-state index contributed by atoms with van der Waals surface area (Å²) in [4.78, 5) is 0. The Labute approximate surface area is 60.3 Å². The monoisotopic (exact) mass is 157 g/mol. The molecule has 0 rings (SSSR count). The smallest absolute Gasteiger partial charge is 0.461 e. The molecule has 0 amide bonds. The Kier molecular flexibility index (Phi) is 5.25. The van der Waals surface area contributed by atoms with E-state index in [1.807, 2.05) is 5.92 Å². The van der Waals surface area contributed by atoms with Gasteiger partial charge < -0.3 is 5.11 Å². The van der Waals surface area contributed by atoms with Crippen LogP contribution in [-0.4, -0.2) is 11.3 Å². The van der Waals surface area contributed by atoms with Crippen molar-refractivity contribution in [3.63, 3.8) is 0 Å². The summed E-state index contributed by atoms with van der Waals surface area (Å²) in [7, 11) is -1.67. The van der Waals surface area contributed by atoms with Gasteiger partial charge in [0.15, 0.2) is 12.3 Å². The van der Waals surface area contributed by atoms with Crippen molar-refractivity contribution < 1.29 is 14.2 Å². The third-order valence-electron chi connectivity index (χ3n) is 0.575. The molecule has 3 nitrogen and oxygen atoms in total. The van der Waals surface area contributed by atoms with E-state index in [0.29, 0.717) is 6.16 Å². The molecule has 0 saturated heterocycles. The van der Waals surface area contributed by atoms with Crippen LogP contribution in [0.15, 0.2) is 0 Å². The first-order valence-electron chi connectivity index (χ1n) is 2.57. The van der Waals surface area contributed by atoms with E-state index < -0.39 is 8.03 Å². The summed E-state index contributed by atoms with van der Waals surface area (Å²) in [6, 6.07) is 0. The Morgan fingerprint density at radius 2 is 2.30 bits per heavy atom. The molecule has 52 valence electrons. The number of hydrogen-bond donors (Lipinski definition) is 1. The molecule has 0 radical (unpaired) electrons. The first-order chi connectivity index (χ1) is 4.81. The minimum absolute atomic E-state index is 0.427. The van der Waals surface area contributed by atoms with Crippen LogP contribution in [0.5, 0.6) is 0 Å². The van der Waals surface area contributed by atoms with Gasteiger partial charge in [0.05, 0.1) is 0 Å². The molecule has 0 spiro atoms. The first-order valence-corrected chi connectivity index (χ1v) is 3.93. The average molecular weight is 157 g/mol. The lowest BCUT2D eigenvalue weighted by molar-refractivity contribution is 0.486. The van der Waals surface area contributed by atoms with Crippen LogP contribution in [0.25, 0.3) is 0 Å². The van der Waals surface area contributed by atoms with E-state index in [0.717, 1.165) is 0 Å². The molecule has 0 aliphatic carbocycles. The summed E-state index contributed by atoms with van der Waals surface area (Å²) in [5, 5.41) is 7.90. The van der Waals surface area contributed by atoms with E-state index in [1.165, 1.54) is 0 Å². The predicted octanol–water partition coefficient (Wildman–Crippen LogP) is 1.06. The molecule has 0 aromatic heterocycles. The summed E-state index contributed by atoms with van der Waals surface area (Å²) in [5.74, 6) is 4.15. The maximum atomic E-state index is 10.5. The third kappa shape index (κ3) is 4.97. The second kappa shape index (κ2) is 5.95. The van der Waals surface area contributed by atoms with Gasteiger partial charge in [0.1, 0.15) is 6.11 Å². The Bertz CT molecular complexity index is 225. The molecule has 0 aliphatic rings. The maximum Gasteiger partial charge on any atom is 0.564 e. The Balaban J connectivity index is 3.62. The third-order valence-corrected chi connectivity index (χ3v) is 1.39. The average Bonchev–Trinajstić information content (AvgIpc) is 1.98. The lowest BCUT2D eigenvalue weighted by Gasteiger charge is -1.69. The van der Waals surface area contributed by atoms with E-state index in [4.69, 9.17) is 5.11 Å². The van der Waals surface area contributed by atoms with Gasteiger partial charge in [-0.3, -0.25) is 0 Å². The van der Waals surface area contributed by atoms with E-state index in [9.17, 15) is 4.57 Å². The topological polar surface area (TPSA) is 46.5 Å². The Morgan fingerprint density at radius 1 is 1.60 bits per heavy atom. The molecule has 0 fully saturated rings. The fourth-order valence-electron chi connectivity index (χ4n) is 0.192. The zero-order chi connectivity index (χ0) is 7.82. The highest BCUT2D eigenvalue weighted by molar-refractivity contribution is 7.39. The van der Waals surface area contributed by atoms with Crippen molar-refractivity contribution in [1.29, 1.82) is 0 Å². The molecule has 0 aliphatic heterocycles. The molecule has 0 aromatic rings. The van der Waals surface area contributed by atoms with Crippen molar-refractivity contribution in [3.05, 3.63) is 0 Å². The summed E-state index contributed by atoms with van der Waals surface area (Å²) >= 11 is 0. The van der Waals surface area contributed by atoms with Gasteiger partial charge in [-0.05, 0) is 11.5 Å². The van der Waals surface area contributed by atoms with Crippen molar-refractivity contribution in [2.75, 3.05) is 6.16 Å². The molecule has 1 N–H and O–H groups in total. The van der Waals surface area contributed by atoms with E-state index in [2.05, 4.69) is 16.6 Å². The van der Waals surface area contributed by atoms with Crippen molar-refractivity contribution in [1.82, 2.24) is 0 Å². The highest BCUT2D eigenvalue weighted by Crippen LogP contribution is 2.18. The second-order valence-electron chi connectivity index (χ2n) is 1.20. The SMILES string of the molecule is CC[P+](=O)OC#CC#CO. The predicted molar refractivity (Wildman–Crippen MR) is 36.7 cm³/mol. The van der Waals surface area contributed by atoms with Crippen molar-refractivity contribution in [2.45, 2.75) is 6.92 Å². The summed E-state index contributed by atoms with van der Waals surface area (Å²) in [6.45, 7) is 1.72. The van der Waals surface area contributed by atoms with Crippen LogP contribution in [0.4, 0.5) is 0 Å². The van der Waals surface area contributed by atoms with Crippen molar-refractivity contribution >= 4 is 8.03 Å². The fourth-order valence-corrected chi connectivity index (χ4v) is 0.468. The zero-order valence-corrected chi connectivity index (χ0v) is 6.31. The van der Waals surface area contributed by atoms with E-state index >= 15 is 0 Å². The molecule has 4 heteroatoms. The number of aliphatic hydroxyl groups is 1. The second-order valence-corrected chi connectivity index (χ2v) is 2.68. The Hall–Kier alpha value is -1.18. The van der Waals surface area contributed by atoms with Crippen LogP contribution in [-0.2, 0) is 9.09 Å². The first kappa shape index (κ1) is 8.82. The van der Waals surface area contributed by atoms with E-state index in [1.54, 1.807) is 13.0 Å². The van der Waals surface area contributed by atoms with Crippen LogP contribution in [0.3, 0.4) is 0 Å². The molecule has 0 heterocycles. The summed E-state index contributed by atoms with van der Waals surface area (Å²) < 4.78 is 14.9. The standard InChI is InChI=1S/C6H5O3P/c1-2-10(8)9-6-4-3-5-7/h2H2,1H3/p+1. The van der Waals surface area contributed by atoms with Crippen LogP contribution in [0.2, 0.25) is 0 Å². The maximum absolute atomic E-state index is 10.5. The van der Waals surface area contributed by atoms with Gasteiger partial charge >= 0.3 is 8.03 Å². The van der Waals surface area contributed by atoms with Crippen LogP contribution in [0.1, 0.15) is 6.92 Å². The fraction of sp³-hybridized carbons (Fsp3) is 0.333. The normalized spacial score (nSPS) is 7.90. The summed E-state index contributed by atoms with van der Waals surface area (Å²) in [5.41, 5.74) is 0. The van der Waals surface area contributed by atoms with Gasteiger partial charge in [-0.25, -0.2) is 0 Å².